The second-order valence-corrected chi connectivity index (χ2v) is 9.88. The molecule has 2 atom stereocenters. The zero-order valence-electron chi connectivity index (χ0n) is 21.4. The molecule has 1 unspecified atom stereocenters. The quantitative estimate of drug-likeness (QED) is 0.550. The first-order valence-electron chi connectivity index (χ1n) is 13.1. The molecule has 3 aromatic heterocycles. The minimum Gasteiger partial charge on any atom is -0.494 e. The molecule has 4 bridgehead atoms. The number of aromatic nitrogens is 4. The lowest BCUT2D eigenvalue weighted by Gasteiger charge is -2.30. The van der Waals surface area contributed by atoms with Crippen LogP contribution in [-0.4, -0.2) is 56.6 Å². The predicted octanol–water partition coefficient (Wildman–Crippen LogP) is 5.01. The summed E-state index contributed by atoms with van der Waals surface area (Å²) in [6.07, 6.45) is 14.9. The first-order chi connectivity index (χ1) is 17.6. The largest absolute Gasteiger partial charge is 0.494 e. The molecule has 192 valence electrons. The SMILES string of the molecule is CCN1C(=O)NC(CC2CC2)CCCCCOc2nc(cn3ccnc23)-c2cc(ncc2OC)[C@H]1C. The molecular weight excluding hydrogens is 456 g/mol. The third-order valence-electron chi connectivity index (χ3n) is 7.30. The second-order valence-electron chi connectivity index (χ2n) is 9.88. The van der Waals surface area contributed by atoms with E-state index in [0.717, 1.165) is 49.3 Å². The summed E-state index contributed by atoms with van der Waals surface area (Å²) in [5.74, 6) is 1.87. The minimum absolute atomic E-state index is 0.0253. The summed E-state index contributed by atoms with van der Waals surface area (Å²) < 4.78 is 13.7. The maximum absolute atomic E-state index is 13.4. The standard InChI is InChI=1S/C27H36N6O3/c1-4-33-18(2)22-15-21(24(35-3)16-29-22)23-17-32-12-11-28-25(32)26(31-23)36-13-7-5-6-8-20(30-27(33)34)14-19-9-10-19/h11-12,15-20H,4-10,13-14H2,1-3H3,(H,30,34)/t18-,20?/m1/s1. The Hall–Kier alpha value is -3.36. The van der Waals surface area contributed by atoms with Gasteiger partial charge in [-0.3, -0.25) is 4.98 Å². The maximum Gasteiger partial charge on any atom is 0.318 e. The summed E-state index contributed by atoms with van der Waals surface area (Å²) in [5.41, 5.74) is 2.96. The lowest BCUT2D eigenvalue weighted by Crippen LogP contribution is -2.46. The fourth-order valence-corrected chi connectivity index (χ4v) is 5.03. The Labute approximate surface area is 212 Å². The summed E-state index contributed by atoms with van der Waals surface area (Å²) in [6.45, 7) is 5.19. The molecule has 0 radical (unpaired) electrons. The van der Waals surface area contributed by atoms with Crippen molar-refractivity contribution in [1.82, 2.24) is 29.6 Å². The Morgan fingerprint density at radius 3 is 2.83 bits per heavy atom. The third kappa shape index (κ3) is 5.24. The van der Waals surface area contributed by atoms with Crippen LogP contribution in [0, 0.1) is 5.92 Å². The van der Waals surface area contributed by atoms with Crippen molar-refractivity contribution in [2.24, 2.45) is 5.92 Å². The van der Waals surface area contributed by atoms with E-state index in [-0.39, 0.29) is 18.1 Å². The lowest BCUT2D eigenvalue weighted by molar-refractivity contribution is 0.175. The van der Waals surface area contributed by atoms with Gasteiger partial charge in [0, 0.05) is 36.7 Å². The summed E-state index contributed by atoms with van der Waals surface area (Å²) in [4.78, 5) is 29.2. The van der Waals surface area contributed by atoms with Gasteiger partial charge in [0.15, 0.2) is 0 Å². The first kappa shape index (κ1) is 24.3. The number of carbonyl (C=O) groups is 1. The molecule has 0 spiro atoms. The molecule has 1 N–H and O–H groups in total. The number of rotatable bonds is 4. The van der Waals surface area contributed by atoms with Gasteiger partial charge in [0.2, 0.25) is 5.65 Å². The van der Waals surface area contributed by atoms with Crippen molar-refractivity contribution in [3.8, 4) is 22.9 Å². The highest BCUT2D eigenvalue weighted by Crippen LogP contribution is 2.35. The van der Waals surface area contributed by atoms with Gasteiger partial charge < -0.3 is 24.1 Å². The van der Waals surface area contributed by atoms with Crippen molar-refractivity contribution in [3.05, 3.63) is 36.5 Å². The highest BCUT2D eigenvalue weighted by Gasteiger charge is 2.29. The normalized spacial score (nSPS) is 21.5. The first-order valence-corrected chi connectivity index (χ1v) is 13.1. The summed E-state index contributed by atoms with van der Waals surface area (Å²) >= 11 is 0. The van der Waals surface area contributed by atoms with Crippen LogP contribution in [0.2, 0.25) is 0 Å². The van der Waals surface area contributed by atoms with Crippen molar-refractivity contribution in [1.29, 1.82) is 0 Å². The second kappa shape index (κ2) is 10.7. The molecule has 1 fully saturated rings. The van der Waals surface area contributed by atoms with Gasteiger partial charge in [-0.05, 0) is 51.5 Å². The van der Waals surface area contributed by atoms with E-state index in [0.29, 0.717) is 36.1 Å². The topological polar surface area (TPSA) is 93.9 Å². The number of pyridine rings is 1. The molecule has 9 heteroatoms. The van der Waals surface area contributed by atoms with Gasteiger partial charge in [0.1, 0.15) is 5.75 Å². The number of urea groups is 1. The minimum atomic E-state index is -0.218. The van der Waals surface area contributed by atoms with Crippen LogP contribution >= 0.6 is 0 Å². The fraction of sp³-hybridized carbons (Fsp3) is 0.556. The van der Waals surface area contributed by atoms with E-state index in [1.165, 1.54) is 12.8 Å². The lowest BCUT2D eigenvalue weighted by atomic mass is 10.0. The highest BCUT2D eigenvalue weighted by atomic mass is 16.5. The summed E-state index contributed by atoms with van der Waals surface area (Å²) in [7, 11) is 1.62. The predicted molar refractivity (Wildman–Crippen MR) is 137 cm³/mol. The Morgan fingerprint density at radius 1 is 1.19 bits per heavy atom. The van der Waals surface area contributed by atoms with Crippen molar-refractivity contribution in [3.63, 3.8) is 0 Å². The molecule has 0 saturated heterocycles. The van der Waals surface area contributed by atoms with Crippen LogP contribution in [0.25, 0.3) is 16.9 Å². The molecule has 5 rings (SSSR count). The van der Waals surface area contributed by atoms with Gasteiger partial charge in [-0.2, -0.15) is 0 Å². The molecule has 0 aromatic carbocycles. The molecule has 9 nitrogen and oxygen atoms in total. The average Bonchev–Trinajstić information content (AvgIpc) is 3.57. The smallest absolute Gasteiger partial charge is 0.318 e. The molecule has 1 aliphatic carbocycles. The molecule has 1 saturated carbocycles. The highest BCUT2D eigenvalue weighted by molar-refractivity contribution is 5.75. The van der Waals surface area contributed by atoms with Crippen molar-refractivity contribution >= 4 is 11.7 Å². The van der Waals surface area contributed by atoms with Crippen LogP contribution in [0.1, 0.15) is 70.5 Å². The van der Waals surface area contributed by atoms with E-state index in [1.807, 2.05) is 41.6 Å². The summed E-state index contributed by atoms with van der Waals surface area (Å²) in [5, 5.41) is 3.35. The molecule has 4 heterocycles. The molecule has 3 aromatic rings. The van der Waals surface area contributed by atoms with Gasteiger partial charge in [-0.15, -0.1) is 0 Å². The van der Waals surface area contributed by atoms with E-state index >= 15 is 0 Å². The fourth-order valence-electron chi connectivity index (χ4n) is 5.03. The van der Waals surface area contributed by atoms with E-state index in [1.54, 1.807) is 19.5 Å². The van der Waals surface area contributed by atoms with Gasteiger partial charge in [0.25, 0.3) is 5.88 Å². The van der Waals surface area contributed by atoms with Crippen molar-refractivity contribution < 1.29 is 14.3 Å². The van der Waals surface area contributed by atoms with Crippen LogP contribution in [-0.2, 0) is 0 Å². The average molecular weight is 493 g/mol. The number of methoxy groups -OCH3 is 1. The van der Waals surface area contributed by atoms with Crippen LogP contribution in [0.5, 0.6) is 11.6 Å². The zero-order chi connectivity index (χ0) is 25.1. The van der Waals surface area contributed by atoms with Crippen molar-refractivity contribution in [2.45, 2.75) is 70.9 Å². The Kier molecular flexibility index (Phi) is 7.25. The van der Waals surface area contributed by atoms with E-state index in [4.69, 9.17) is 14.5 Å². The van der Waals surface area contributed by atoms with Crippen LogP contribution in [0.3, 0.4) is 0 Å². The van der Waals surface area contributed by atoms with E-state index in [9.17, 15) is 4.79 Å². The Bertz CT molecular complexity index is 1210. The van der Waals surface area contributed by atoms with Gasteiger partial charge >= 0.3 is 6.03 Å². The van der Waals surface area contributed by atoms with Gasteiger partial charge in [0.05, 0.1) is 37.3 Å². The number of fused-ring (bicyclic) bond motifs is 7. The maximum atomic E-state index is 13.4. The number of amides is 2. The van der Waals surface area contributed by atoms with E-state index in [2.05, 4.69) is 15.3 Å². The molecule has 36 heavy (non-hydrogen) atoms. The third-order valence-corrected chi connectivity index (χ3v) is 7.30. The van der Waals surface area contributed by atoms with Crippen LogP contribution in [0.4, 0.5) is 4.79 Å². The Morgan fingerprint density at radius 2 is 2.06 bits per heavy atom. The molecule has 2 aliphatic rings. The number of nitrogens with zero attached hydrogens (tertiary/aromatic N) is 5. The number of hydrogen-bond acceptors (Lipinski definition) is 6. The number of ether oxygens (including phenoxy) is 2. The van der Waals surface area contributed by atoms with Gasteiger partial charge in [-0.25, -0.2) is 14.8 Å². The number of imidazole rings is 1. The molecule has 1 aliphatic heterocycles. The van der Waals surface area contributed by atoms with Crippen molar-refractivity contribution in [2.75, 3.05) is 20.3 Å². The van der Waals surface area contributed by atoms with Crippen LogP contribution in [0.15, 0.2) is 30.9 Å². The summed E-state index contributed by atoms with van der Waals surface area (Å²) in [6, 6.07) is 1.92. The van der Waals surface area contributed by atoms with E-state index < -0.39 is 0 Å². The monoisotopic (exact) mass is 492 g/mol. The Balaban J connectivity index is 1.53. The van der Waals surface area contributed by atoms with Crippen LogP contribution < -0.4 is 14.8 Å². The molecular formula is C27H36N6O3. The van der Waals surface area contributed by atoms with Gasteiger partial charge in [-0.1, -0.05) is 19.3 Å². The zero-order valence-corrected chi connectivity index (χ0v) is 21.4. The number of nitrogens with one attached hydrogen (secondary N) is 1. The number of carbonyl (C=O) groups excluding carboxylic acids is 1. The molecule has 2 amide bonds. The number of hydrogen-bond donors (Lipinski definition) is 1.